The average Bonchev–Trinajstić information content (AvgIpc) is 2.33. The van der Waals surface area contributed by atoms with E-state index in [1.807, 2.05) is 30.3 Å². The van der Waals surface area contributed by atoms with E-state index in [1.165, 1.54) is 0 Å². The third kappa shape index (κ3) is 6.11. The summed E-state index contributed by atoms with van der Waals surface area (Å²) < 4.78 is 29.4. The summed E-state index contributed by atoms with van der Waals surface area (Å²) in [6, 6.07) is 9.99. The first kappa shape index (κ1) is 15.1. The van der Waals surface area contributed by atoms with Gasteiger partial charge in [-0.15, -0.1) is 0 Å². The van der Waals surface area contributed by atoms with Gasteiger partial charge in [0.1, 0.15) is 0 Å². The van der Waals surface area contributed by atoms with Gasteiger partial charge in [-0.1, -0.05) is 30.3 Å². The van der Waals surface area contributed by atoms with Gasteiger partial charge in [0.2, 0.25) is 10.0 Å². The molecular formula is C12H20N2O3S. The van der Waals surface area contributed by atoms with Crippen LogP contribution in [0, 0.1) is 0 Å². The molecule has 102 valence electrons. The van der Waals surface area contributed by atoms with Crippen LogP contribution in [0.4, 0.5) is 0 Å². The summed E-state index contributed by atoms with van der Waals surface area (Å²) in [4.78, 5) is 0. The lowest BCUT2D eigenvalue weighted by Crippen LogP contribution is -2.34. The van der Waals surface area contributed by atoms with Gasteiger partial charge in [0.15, 0.2) is 0 Å². The maximum absolute atomic E-state index is 10.9. The van der Waals surface area contributed by atoms with Gasteiger partial charge in [0, 0.05) is 20.2 Å². The van der Waals surface area contributed by atoms with Crippen LogP contribution in [0.25, 0.3) is 0 Å². The van der Waals surface area contributed by atoms with Crippen molar-refractivity contribution >= 4 is 10.0 Å². The number of nitrogens with one attached hydrogen (secondary N) is 2. The van der Waals surface area contributed by atoms with Crippen molar-refractivity contribution in [2.75, 3.05) is 33.1 Å². The fourth-order valence-electron chi connectivity index (χ4n) is 1.61. The lowest BCUT2D eigenvalue weighted by atomic mass is 10.1. The third-order valence-electron chi connectivity index (χ3n) is 2.42. The SMILES string of the molecule is COCC(NCCNS(C)(=O)=O)c1ccccc1. The van der Waals surface area contributed by atoms with E-state index >= 15 is 0 Å². The maximum atomic E-state index is 10.9. The minimum atomic E-state index is -3.12. The number of hydrogen-bond donors (Lipinski definition) is 2. The molecule has 1 atom stereocenters. The van der Waals surface area contributed by atoms with Gasteiger partial charge in [-0.25, -0.2) is 13.1 Å². The Balaban J connectivity index is 2.44. The molecule has 1 aromatic carbocycles. The van der Waals surface area contributed by atoms with Gasteiger partial charge in [-0.3, -0.25) is 0 Å². The molecule has 0 aromatic heterocycles. The minimum Gasteiger partial charge on any atom is -0.383 e. The smallest absolute Gasteiger partial charge is 0.208 e. The second-order valence-corrected chi connectivity index (χ2v) is 5.87. The van der Waals surface area contributed by atoms with Crippen molar-refractivity contribution in [3.8, 4) is 0 Å². The van der Waals surface area contributed by atoms with Crippen LogP contribution in [0.3, 0.4) is 0 Å². The molecule has 0 amide bonds. The Hall–Kier alpha value is -0.950. The fourth-order valence-corrected chi connectivity index (χ4v) is 2.08. The zero-order chi connectivity index (χ0) is 13.4. The van der Waals surface area contributed by atoms with Crippen molar-refractivity contribution in [3.05, 3.63) is 35.9 Å². The van der Waals surface area contributed by atoms with E-state index in [0.717, 1.165) is 11.8 Å². The Morgan fingerprint density at radius 1 is 1.22 bits per heavy atom. The van der Waals surface area contributed by atoms with Gasteiger partial charge >= 0.3 is 0 Å². The van der Waals surface area contributed by atoms with E-state index in [9.17, 15) is 8.42 Å². The van der Waals surface area contributed by atoms with Crippen LogP contribution in [0.15, 0.2) is 30.3 Å². The highest BCUT2D eigenvalue weighted by molar-refractivity contribution is 7.88. The molecule has 0 spiro atoms. The molecule has 6 heteroatoms. The van der Waals surface area contributed by atoms with E-state index in [2.05, 4.69) is 10.0 Å². The molecule has 18 heavy (non-hydrogen) atoms. The van der Waals surface area contributed by atoms with Crippen LogP contribution in [0.5, 0.6) is 0 Å². The summed E-state index contributed by atoms with van der Waals surface area (Å²) in [5.41, 5.74) is 1.12. The highest BCUT2D eigenvalue weighted by atomic mass is 32.2. The molecule has 0 radical (unpaired) electrons. The molecule has 1 aromatic rings. The fraction of sp³-hybridized carbons (Fsp3) is 0.500. The molecule has 0 aliphatic heterocycles. The van der Waals surface area contributed by atoms with Gasteiger partial charge in [0.05, 0.1) is 18.9 Å². The van der Waals surface area contributed by atoms with Crippen LogP contribution >= 0.6 is 0 Å². The second kappa shape index (κ2) is 7.48. The van der Waals surface area contributed by atoms with Crippen molar-refractivity contribution in [1.82, 2.24) is 10.0 Å². The molecule has 1 rings (SSSR count). The first-order valence-electron chi connectivity index (χ1n) is 5.75. The average molecular weight is 272 g/mol. The number of benzene rings is 1. The lowest BCUT2D eigenvalue weighted by molar-refractivity contribution is 0.167. The van der Waals surface area contributed by atoms with Crippen molar-refractivity contribution < 1.29 is 13.2 Å². The predicted molar refractivity (Wildman–Crippen MR) is 71.9 cm³/mol. The second-order valence-electron chi connectivity index (χ2n) is 4.04. The van der Waals surface area contributed by atoms with Crippen LogP contribution < -0.4 is 10.0 Å². The molecule has 0 heterocycles. The Labute approximate surface area is 109 Å². The zero-order valence-electron chi connectivity index (χ0n) is 10.7. The summed E-state index contributed by atoms with van der Waals surface area (Å²) in [6.07, 6.45) is 1.15. The van der Waals surface area contributed by atoms with Crippen molar-refractivity contribution in [3.63, 3.8) is 0 Å². The third-order valence-corrected chi connectivity index (χ3v) is 3.14. The normalized spacial score (nSPS) is 13.4. The van der Waals surface area contributed by atoms with Gasteiger partial charge in [-0.2, -0.15) is 0 Å². The zero-order valence-corrected chi connectivity index (χ0v) is 11.5. The molecular weight excluding hydrogens is 252 g/mol. The van der Waals surface area contributed by atoms with Crippen LogP contribution in [0.2, 0.25) is 0 Å². The Kier molecular flexibility index (Phi) is 6.28. The first-order chi connectivity index (χ1) is 8.53. The van der Waals surface area contributed by atoms with Crippen molar-refractivity contribution in [2.45, 2.75) is 6.04 Å². The van der Waals surface area contributed by atoms with Gasteiger partial charge in [-0.05, 0) is 5.56 Å². The topological polar surface area (TPSA) is 67.4 Å². The Bertz CT molecular complexity index is 434. The summed E-state index contributed by atoms with van der Waals surface area (Å²) in [7, 11) is -1.48. The molecule has 0 fully saturated rings. The molecule has 1 unspecified atom stereocenters. The van der Waals surface area contributed by atoms with E-state index in [0.29, 0.717) is 19.7 Å². The summed E-state index contributed by atoms with van der Waals surface area (Å²) >= 11 is 0. The molecule has 0 aliphatic rings. The van der Waals surface area contributed by atoms with Gasteiger partial charge < -0.3 is 10.1 Å². The largest absolute Gasteiger partial charge is 0.383 e. The Morgan fingerprint density at radius 2 is 1.89 bits per heavy atom. The lowest BCUT2D eigenvalue weighted by Gasteiger charge is -2.18. The number of rotatable bonds is 8. The van der Waals surface area contributed by atoms with Crippen LogP contribution in [0.1, 0.15) is 11.6 Å². The summed E-state index contributed by atoms with van der Waals surface area (Å²) in [6.45, 7) is 1.46. The Morgan fingerprint density at radius 3 is 2.44 bits per heavy atom. The van der Waals surface area contributed by atoms with E-state index in [4.69, 9.17) is 4.74 Å². The van der Waals surface area contributed by atoms with Gasteiger partial charge in [0.25, 0.3) is 0 Å². The van der Waals surface area contributed by atoms with E-state index < -0.39 is 10.0 Å². The number of hydrogen-bond acceptors (Lipinski definition) is 4. The van der Waals surface area contributed by atoms with Crippen molar-refractivity contribution in [1.29, 1.82) is 0 Å². The molecule has 0 bridgehead atoms. The highest BCUT2D eigenvalue weighted by Gasteiger charge is 2.10. The number of sulfonamides is 1. The quantitative estimate of drug-likeness (QED) is 0.677. The molecule has 2 N–H and O–H groups in total. The molecule has 0 saturated heterocycles. The van der Waals surface area contributed by atoms with Crippen LogP contribution in [-0.2, 0) is 14.8 Å². The summed E-state index contributed by atoms with van der Waals surface area (Å²) in [5.74, 6) is 0. The van der Waals surface area contributed by atoms with E-state index in [1.54, 1.807) is 7.11 Å². The monoisotopic (exact) mass is 272 g/mol. The minimum absolute atomic E-state index is 0.0672. The van der Waals surface area contributed by atoms with Crippen molar-refractivity contribution in [2.24, 2.45) is 0 Å². The van der Waals surface area contributed by atoms with Crippen LogP contribution in [-0.4, -0.2) is 41.5 Å². The molecule has 5 nitrogen and oxygen atoms in total. The first-order valence-corrected chi connectivity index (χ1v) is 7.64. The molecule has 0 saturated carbocycles. The van der Waals surface area contributed by atoms with E-state index in [-0.39, 0.29) is 6.04 Å². The molecule has 0 aliphatic carbocycles. The number of methoxy groups -OCH3 is 1. The summed E-state index contributed by atoms with van der Waals surface area (Å²) in [5, 5.41) is 3.26. The maximum Gasteiger partial charge on any atom is 0.208 e. The highest BCUT2D eigenvalue weighted by Crippen LogP contribution is 2.11. The number of ether oxygens (including phenoxy) is 1. The standard InChI is InChI=1S/C12H20N2O3S/c1-17-10-12(11-6-4-3-5-7-11)13-8-9-14-18(2,15)16/h3-7,12-14H,8-10H2,1-2H3. The predicted octanol–water partition coefficient (Wildman–Crippen LogP) is 0.513.